The first-order valence-electron chi connectivity index (χ1n) is 8.72. The number of nitrogens with zero attached hydrogens (tertiary/aromatic N) is 6. The van der Waals surface area contributed by atoms with Crippen molar-refractivity contribution in [3.05, 3.63) is 77.4 Å². The number of nitrogens with one attached hydrogen (secondary N) is 1. The number of aromatic nitrogens is 7. The fraction of sp³-hybridized carbons (Fsp3) is 0.211. The Labute approximate surface area is 173 Å². The number of rotatable bonds is 6. The monoisotopic (exact) mass is 409 g/mol. The van der Waals surface area contributed by atoms with Gasteiger partial charge in [0.1, 0.15) is 10.4 Å². The molecule has 0 aliphatic carbocycles. The summed E-state index contributed by atoms with van der Waals surface area (Å²) in [4.78, 5) is 4.27. The summed E-state index contributed by atoms with van der Waals surface area (Å²) in [5, 5.41) is 18.6. The van der Waals surface area contributed by atoms with Crippen LogP contribution in [-0.2, 0) is 17.0 Å². The molecule has 2 aromatic heterocycles. The highest BCUT2D eigenvalue weighted by Gasteiger charge is 2.21. The third kappa shape index (κ3) is 4.42. The van der Waals surface area contributed by atoms with E-state index in [1.807, 2.05) is 19.1 Å². The molecule has 0 spiro atoms. The van der Waals surface area contributed by atoms with Crippen molar-refractivity contribution in [3.63, 3.8) is 0 Å². The van der Waals surface area contributed by atoms with Gasteiger partial charge in [0.05, 0.1) is 6.54 Å². The second-order valence-electron chi connectivity index (χ2n) is 6.72. The number of thiol groups is 2. The van der Waals surface area contributed by atoms with Crippen LogP contribution in [0.4, 0.5) is 0 Å². The molecule has 0 atom stereocenters. The maximum absolute atomic E-state index is 4.43. The van der Waals surface area contributed by atoms with Crippen molar-refractivity contribution in [1.29, 1.82) is 0 Å². The number of H-pyrrole nitrogens is 1. The Morgan fingerprint density at radius 2 is 1.82 bits per heavy atom. The van der Waals surface area contributed by atoms with E-state index in [-0.39, 0.29) is 0 Å². The summed E-state index contributed by atoms with van der Waals surface area (Å²) in [6.45, 7) is 2.50. The lowest BCUT2D eigenvalue weighted by molar-refractivity contribution is 0.668. The van der Waals surface area contributed by atoms with Crippen LogP contribution in [0.3, 0.4) is 0 Å². The van der Waals surface area contributed by atoms with Crippen molar-refractivity contribution < 1.29 is 0 Å². The first kappa shape index (κ1) is 18.7. The molecule has 1 N–H and O–H groups in total. The predicted molar refractivity (Wildman–Crippen MR) is 113 cm³/mol. The fourth-order valence-electron chi connectivity index (χ4n) is 2.88. The summed E-state index contributed by atoms with van der Waals surface area (Å²) in [6, 6.07) is 16.7. The topological polar surface area (TPSA) is 85.2 Å². The second-order valence-corrected chi connectivity index (χ2v) is 8.86. The van der Waals surface area contributed by atoms with Crippen LogP contribution in [0.2, 0.25) is 0 Å². The van der Waals surface area contributed by atoms with Crippen LogP contribution in [0.5, 0.6) is 0 Å². The summed E-state index contributed by atoms with van der Waals surface area (Å²) in [5.41, 5.74) is 4.52. The Hall–Kier alpha value is -2.65. The van der Waals surface area contributed by atoms with Gasteiger partial charge in [-0.05, 0) is 41.3 Å². The highest BCUT2D eigenvalue weighted by atomic mass is 32.2. The molecule has 0 unspecified atom stereocenters. The zero-order valence-corrected chi connectivity index (χ0v) is 17.0. The molecular weight excluding hydrogens is 390 g/mol. The highest BCUT2D eigenvalue weighted by molar-refractivity contribution is 7.99. The van der Waals surface area contributed by atoms with E-state index in [0.29, 0.717) is 18.2 Å². The van der Waals surface area contributed by atoms with Crippen LogP contribution in [0, 0.1) is 0 Å². The van der Waals surface area contributed by atoms with Crippen LogP contribution in [0.25, 0.3) is 11.4 Å². The van der Waals surface area contributed by atoms with Crippen LogP contribution in [0.1, 0.15) is 29.4 Å². The van der Waals surface area contributed by atoms with Crippen molar-refractivity contribution in [2.45, 2.75) is 24.0 Å². The molecule has 0 aliphatic rings. The second kappa shape index (κ2) is 7.76. The molecule has 142 valence electrons. The maximum atomic E-state index is 4.43. The van der Waals surface area contributed by atoms with Crippen molar-refractivity contribution in [3.8, 4) is 11.4 Å². The number of benzene rings is 2. The number of aromatic amines is 1. The summed E-state index contributed by atoms with van der Waals surface area (Å²) >= 11 is 8.77. The van der Waals surface area contributed by atoms with Crippen LogP contribution >= 0.6 is 25.3 Å². The minimum absolute atomic E-state index is 0.595. The van der Waals surface area contributed by atoms with Crippen molar-refractivity contribution in [2.75, 3.05) is 0 Å². The standard InChI is InChI=1S/C19H19N7S2/c1-19(27,28)18-20-12-26(23-18)11-14-7-5-13(6-8-14)9-15-3-2-4-16(10-15)17-21-24-25-22-17/h2-8,10,12,27-28H,9,11H2,1H3,(H,21,22,24,25). The van der Waals surface area contributed by atoms with Crippen LogP contribution < -0.4 is 0 Å². The maximum Gasteiger partial charge on any atom is 0.204 e. The van der Waals surface area contributed by atoms with Gasteiger partial charge in [0.15, 0.2) is 5.82 Å². The molecule has 0 saturated carbocycles. The molecule has 4 aromatic rings. The van der Waals surface area contributed by atoms with Gasteiger partial charge in [0.2, 0.25) is 5.82 Å². The fourth-order valence-corrected chi connectivity index (χ4v) is 3.08. The van der Waals surface area contributed by atoms with Gasteiger partial charge in [-0.2, -0.15) is 35.6 Å². The van der Waals surface area contributed by atoms with Gasteiger partial charge in [0, 0.05) is 5.56 Å². The predicted octanol–water partition coefficient (Wildman–Crippen LogP) is 3.13. The van der Waals surface area contributed by atoms with Gasteiger partial charge in [-0.1, -0.05) is 42.5 Å². The molecule has 9 heteroatoms. The first-order chi connectivity index (χ1) is 13.5. The van der Waals surface area contributed by atoms with Crippen LogP contribution in [-0.4, -0.2) is 35.4 Å². The average Bonchev–Trinajstić information content (AvgIpc) is 3.35. The van der Waals surface area contributed by atoms with E-state index in [9.17, 15) is 0 Å². The van der Waals surface area contributed by atoms with Gasteiger partial charge in [-0.3, -0.25) is 0 Å². The van der Waals surface area contributed by atoms with E-state index in [0.717, 1.165) is 17.5 Å². The Morgan fingerprint density at radius 1 is 1.04 bits per heavy atom. The summed E-state index contributed by atoms with van der Waals surface area (Å²) in [6.07, 6.45) is 2.54. The van der Waals surface area contributed by atoms with E-state index in [1.165, 1.54) is 11.1 Å². The van der Waals surface area contributed by atoms with Crippen molar-refractivity contribution in [1.82, 2.24) is 35.4 Å². The number of hydrogen-bond donors (Lipinski definition) is 3. The molecular formula is C19H19N7S2. The Balaban J connectivity index is 1.44. The van der Waals surface area contributed by atoms with Gasteiger partial charge in [0.25, 0.3) is 0 Å². The van der Waals surface area contributed by atoms with Crippen molar-refractivity contribution >= 4 is 25.3 Å². The Bertz CT molecular complexity index is 1050. The van der Waals surface area contributed by atoms with E-state index in [4.69, 9.17) is 0 Å². The van der Waals surface area contributed by atoms with Gasteiger partial charge >= 0.3 is 0 Å². The molecule has 2 heterocycles. The molecule has 0 aliphatic heterocycles. The highest BCUT2D eigenvalue weighted by Crippen LogP contribution is 2.28. The first-order valence-corrected chi connectivity index (χ1v) is 9.62. The molecule has 0 radical (unpaired) electrons. The minimum atomic E-state index is -0.648. The van der Waals surface area contributed by atoms with Gasteiger partial charge in [-0.15, -0.1) is 10.2 Å². The quantitative estimate of drug-likeness (QED) is 0.337. The van der Waals surface area contributed by atoms with Gasteiger partial charge in [-0.25, -0.2) is 9.67 Å². The zero-order valence-electron chi connectivity index (χ0n) is 15.2. The molecule has 0 amide bonds. The molecule has 7 nitrogen and oxygen atoms in total. The summed E-state index contributed by atoms with van der Waals surface area (Å²) < 4.78 is 1.15. The lowest BCUT2D eigenvalue weighted by atomic mass is 10.0. The lowest BCUT2D eigenvalue weighted by Gasteiger charge is -2.10. The van der Waals surface area contributed by atoms with E-state index >= 15 is 0 Å². The van der Waals surface area contributed by atoms with Crippen molar-refractivity contribution in [2.24, 2.45) is 0 Å². The normalized spacial score (nSPS) is 11.7. The molecule has 4 rings (SSSR count). The Morgan fingerprint density at radius 3 is 2.50 bits per heavy atom. The summed E-state index contributed by atoms with van der Waals surface area (Å²) in [7, 11) is 0. The lowest BCUT2D eigenvalue weighted by Crippen LogP contribution is -2.09. The summed E-state index contributed by atoms with van der Waals surface area (Å²) in [5.74, 6) is 1.19. The van der Waals surface area contributed by atoms with Crippen LogP contribution in [0.15, 0.2) is 54.9 Å². The third-order valence-electron chi connectivity index (χ3n) is 4.27. The molecule has 0 bridgehead atoms. The van der Waals surface area contributed by atoms with Gasteiger partial charge < -0.3 is 0 Å². The molecule has 0 saturated heterocycles. The number of tetrazole rings is 1. The SMILES string of the molecule is CC(S)(S)c1ncn(Cc2ccc(Cc3cccc(-c4nn[nH]n4)c3)cc2)n1. The molecule has 2 aromatic carbocycles. The average molecular weight is 410 g/mol. The third-order valence-corrected chi connectivity index (χ3v) is 4.67. The molecule has 28 heavy (non-hydrogen) atoms. The van der Waals surface area contributed by atoms with E-state index in [2.05, 4.69) is 92.4 Å². The van der Waals surface area contributed by atoms with E-state index in [1.54, 1.807) is 11.0 Å². The minimum Gasteiger partial charge on any atom is -0.248 e. The van der Waals surface area contributed by atoms with E-state index < -0.39 is 4.08 Å². The molecule has 0 fully saturated rings. The largest absolute Gasteiger partial charge is 0.248 e. The number of hydrogen-bond acceptors (Lipinski definition) is 7. The zero-order chi connectivity index (χ0) is 19.6. The smallest absolute Gasteiger partial charge is 0.204 e. The Kier molecular flexibility index (Phi) is 5.19.